The molecule has 0 saturated carbocycles. The third-order valence-corrected chi connectivity index (χ3v) is 25.3. The fraction of sp³-hybridized carbons (Fsp3) is 0. The van der Waals surface area contributed by atoms with E-state index in [2.05, 4.69) is 407 Å². The maximum absolute atomic E-state index is 2.47. The summed E-state index contributed by atoms with van der Waals surface area (Å²) in [7, 11) is 0. The Hall–Kier alpha value is -13.9. The van der Waals surface area contributed by atoms with Gasteiger partial charge in [-0.25, -0.2) is 0 Å². The van der Waals surface area contributed by atoms with Crippen LogP contribution in [0.15, 0.2) is 388 Å². The molecule has 0 bridgehead atoms. The molecule has 0 fully saturated rings. The Kier molecular flexibility index (Phi) is 14.1. The van der Waals surface area contributed by atoms with E-state index in [-0.39, 0.29) is 0 Å². The van der Waals surface area contributed by atoms with E-state index in [0.717, 1.165) is 5.69 Å². The van der Waals surface area contributed by atoms with Gasteiger partial charge in [-0.2, -0.15) is 0 Å². The summed E-state index contributed by atoms with van der Waals surface area (Å²) in [5.41, 5.74) is 24.2. The first-order valence-electron chi connectivity index (χ1n) is 37.7. The average molecular weight is 1430 g/mol. The maximum Gasteiger partial charge on any atom is 0.0541 e. The molecule has 0 saturated heterocycles. The maximum atomic E-state index is 2.47. The van der Waals surface area contributed by atoms with Crippen LogP contribution in [-0.4, -0.2) is 18.3 Å². The first-order valence-corrected chi connectivity index (χ1v) is 39.3. The number of aromatic nitrogens is 4. The number of nitrogens with zero attached hydrogens (tertiary/aromatic N) is 4. The summed E-state index contributed by atoms with van der Waals surface area (Å²) < 4.78 is 15.0. The molecule has 0 atom stereocenters. The zero-order chi connectivity index (χ0) is 72.1. The first-order chi connectivity index (χ1) is 54.5. The Bertz CT molecular complexity index is 7940. The molecule has 4 nitrogen and oxygen atoms in total. The van der Waals surface area contributed by atoms with Gasteiger partial charge in [0.15, 0.2) is 0 Å². The van der Waals surface area contributed by atoms with Crippen molar-refractivity contribution in [3.8, 4) is 67.3 Å². The summed E-state index contributed by atoms with van der Waals surface area (Å²) in [5.74, 6) is 0. The van der Waals surface area contributed by atoms with Gasteiger partial charge in [0.1, 0.15) is 0 Å². The van der Waals surface area contributed by atoms with Crippen molar-refractivity contribution in [2.75, 3.05) is 0 Å². The molecule has 6 aromatic heterocycles. The molecule has 0 radical (unpaired) electrons. The lowest BCUT2D eigenvalue weighted by Crippen LogP contribution is -1.97. The molecule has 24 aromatic rings. The summed E-state index contributed by atoms with van der Waals surface area (Å²) in [4.78, 5) is 0. The highest BCUT2D eigenvalue weighted by molar-refractivity contribution is 7.26. The number of hydrogen-bond acceptors (Lipinski definition) is 2. The van der Waals surface area contributed by atoms with Crippen molar-refractivity contribution in [1.29, 1.82) is 0 Å². The van der Waals surface area contributed by atoms with E-state index in [9.17, 15) is 0 Å². The van der Waals surface area contributed by atoms with Crippen LogP contribution < -0.4 is 0 Å². The van der Waals surface area contributed by atoms with Gasteiger partial charge in [0, 0.05) is 106 Å². The predicted molar refractivity (Wildman–Crippen MR) is 473 cm³/mol. The molecule has 0 aliphatic carbocycles. The van der Waals surface area contributed by atoms with Gasteiger partial charge < -0.3 is 18.3 Å². The van der Waals surface area contributed by atoms with E-state index in [0.29, 0.717) is 0 Å². The normalized spacial score (nSPS) is 12.0. The van der Waals surface area contributed by atoms with Crippen LogP contribution in [0.2, 0.25) is 0 Å². The minimum absolute atomic E-state index is 1.16. The molecule has 0 N–H and O–H groups in total. The van der Waals surface area contributed by atoms with Gasteiger partial charge in [0.05, 0.1) is 49.8 Å². The second kappa shape index (κ2) is 24.9. The second-order valence-electron chi connectivity index (χ2n) is 29.0. The molecular formula is C104H64N4S2. The molecule has 0 spiro atoms. The van der Waals surface area contributed by atoms with Gasteiger partial charge in [-0.3, -0.25) is 0 Å². The quantitative estimate of drug-likeness (QED) is 0.144. The lowest BCUT2D eigenvalue weighted by atomic mass is 9.97. The molecule has 24 rings (SSSR count). The van der Waals surface area contributed by atoms with Gasteiger partial charge >= 0.3 is 0 Å². The van der Waals surface area contributed by atoms with E-state index in [4.69, 9.17) is 0 Å². The summed E-state index contributed by atoms with van der Waals surface area (Å²) in [6.45, 7) is 0. The van der Waals surface area contributed by atoms with E-state index in [1.54, 1.807) is 0 Å². The van der Waals surface area contributed by atoms with Crippen molar-refractivity contribution in [3.05, 3.63) is 388 Å². The SMILES string of the molecule is c1cc(-c2cccc3sc4ccccc4c23)cc(-n2c3ccccc3c3cc(-c4ccc5c(c4)c4ccccc4n5-c4ccc5ccccc5c4)ccc32)c1.c1ccc(-n2c3ccccc3c3cc(-c4ccc5c(c4)c4ccccc4n5-c4ccc5ccccc5c4)ccc32)c(-c2cccc3sc4ccccc4c23)c1. The van der Waals surface area contributed by atoms with Gasteiger partial charge in [0.25, 0.3) is 0 Å². The van der Waals surface area contributed by atoms with Crippen molar-refractivity contribution >= 4 is 172 Å². The average Bonchev–Trinajstić information content (AvgIpc) is 1.58. The standard InChI is InChI=1S/2C52H32N2S/c1-2-13-34-30-37(27-24-33(34)12-1)53-45-19-7-4-15-39(45)43-31-35(25-28-48(43)53)36-26-29-49-44(32-36)40-16-5-9-21-47(40)54(49)46-20-8-3-14-38(46)41-18-11-23-51-52(41)42-17-6-10-22-50(42)55-51;1-2-12-34-29-39(26-23-33(34)11-1)54-47-20-7-4-16-42(47)45-32-36(25-28-49(45)54)35-24-27-48-44(31-35)41-15-3-6-19-46(41)53(48)38-14-9-13-37(30-38)40-18-10-22-51-52(40)43-17-5-8-21-50(43)55-51/h2*1-32H. The van der Waals surface area contributed by atoms with Gasteiger partial charge in [-0.1, -0.05) is 249 Å². The highest BCUT2D eigenvalue weighted by atomic mass is 32.1. The van der Waals surface area contributed by atoms with Crippen molar-refractivity contribution < 1.29 is 0 Å². The molecule has 110 heavy (non-hydrogen) atoms. The third-order valence-electron chi connectivity index (χ3n) is 23.0. The smallest absolute Gasteiger partial charge is 0.0541 e. The van der Waals surface area contributed by atoms with E-state index in [1.165, 1.54) is 211 Å². The van der Waals surface area contributed by atoms with Crippen LogP contribution in [-0.2, 0) is 0 Å². The van der Waals surface area contributed by atoms with Crippen LogP contribution in [0.25, 0.3) is 216 Å². The zero-order valence-electron chi connectivity index (χ0n) is 59.6. The van der Waals surface area contributed by atoms with Gasteiger partial charge in [-0.15, -0.1) is 22.7 Å². The van der Waals surface area contributed by atoms with Crippen LogP contribution >= 0.6 is 22.7 Å². The molecule has 0 unspecified atom stereocenters. The Morgan fingerprint density at radius 1 is 0.164 bits per heavy atom. The van der Waals surface area contributed by atoms with E-state index >= 15 is 0 Å². The van der Waals surface area contributed by atoms with E-state index < -0.39 is 0 Å². The topological polar surface area (TPSA) is 19.7 Å². The minimum Gasteiger partial charge on any atom is -0.309 e. The molecule has 0 aliphatic heterocycles. The fourth-order valence-corrected chi connectivity index (χ4v) is 20.3. The van der Waals surface area contributed by atoms with Crippen LogP contribution in [0.1, 0.15) is 0 Å². The molecule has 0 aliphatic rings. The lowest BCUT2D eigenvalue weighted by Gasteiger charge is -2.15. The molecule has 0 amide bonds. The summed E-state index contributed by atoms with van der Waals surface area (Å²) in [6, 6.07) is 143. The van der Waals surface area contributed by atoms with Crippen molar-refractivity contribution in [2.24, 2.45) is 0 Å². The van der Waals surface area contributed by atoms with Crippen LogP contribution in [0, 0.1) is 0 Å². The predicted octanol–water partition coefficient (Wildman–Crippen LogP) is 29.5. The Balaban J connectivity index is 0.000000132. The summed E-state index contributed by atoms with van der Waals surface area (Å²) in [6.07, 6.45) is 0. The summed E-state index contributed by atoms with van der Waals surface area (Å²) in [5, 5.41) is 20.3. The van der Waals surface area contributed by atoms with Gasteiger partial charge in [0.2, 0.25) is 0 Å². The zero-order valence-corrected chi connectivity index (χ0v) is 61.2. The van der Waals surface area contributed by atoms with Crippen LogP contribution in [0.4, 0.5) is 0 Å². The van der Waals surface area contributed by atoms with Crippen molar-refractivity contribution in [2.45, 2.75) is 0 Å². The highest BCUT2D eigenvalue weighted by Crippen LogP contribution is 2.47. The number of hydrogen-bond donors (Lipinski definition) is 0. The molecule has 6 heteroatoms. The number of para-hydroxylation sites is 5. The third kappa shape index (κ3) is 9.76. The lowest BCUT2D eigenvalue weighted by molar-refractivity contribution is 1.18. The summed E-state index contributed by atoms with van der Waals surface area (Å²) >= 11 is 3.74. The molecular weight excluding hydrogens is 1370 g/mol. The van der Waals surface area contributed by atoms with Crippen LogP contribution in [0.5, 0.6) is 0 Å². The van der Waals surface area contributed by atoms with E-state index in [1.807, 2.05) is 22.7 Å². The Morgan fingerprint density at radius 3 is 0.964 bits per heavy atom. The Labute approximate surface area is 640 Å². The first kappa shape index (κ1) is 62.3. The number of thiophene rings is 2. The molecule has 18 aromatic carbocycles. The highest BCUT2D eigenvalue weighted by Gasteiger charge is 2.23. The molecule has 6 heterocycles. The van der Waals surface area contributed by atoms with Crippen molar-refractivity contribution in [1.82, 2.24) is 18.3 Å². The number of benzene rings is 18. The van der Waals surface area contributed by atoms with Crippen molar-refractivity contribution in [3.63, 3.8) is 0 Å². The Morgan fingerprint density at radius 2 is 0.491 bits per heavy atom. The molecule has 512 valence electrons. The van der Waals surface area contributed by atoms with Crippen LogP contribution in [0.3, 0.4) is 0 Å². The fourth-order valence-electron chi connectivity index (χ4n) is 18.1. The second-order valence-corrected chi connectivity index (χ2v) is 31.2. The monoisotopic (exact) mass is 1430 g/mol. The minimum atomic E-state index is 1.16. The largest absolute Gasteiger partial charge is 0.309 e. The van der Waals surface area contributed by atoms with Gasteiger partial charge in [-0.05, 0) is 200 Å². The number of rotatable bonds is 8. The number of fused-ring (bicyclic) bond motifs is 20.